The molecule has 0 atom stereocenters. The van der Waals surface area contributed by atoms with Gasteiger partial charge in [-0.3, -0.25) is 9.59 Å². The zero-order valence-corrected chi connectivity index (χ0v) is 14.0. The highest BCUT2D eigenvalue weighted by Gasteiger charge is 2.14. The first kappa shape index (κ1) is 16.2. The van der Waals surface area contributed by atoms with Gasteiger partial charge in [-0.25, -0.2) is 4.68 Å². The number of likely N-dealkylation sites (N-methyl/N-ethyl adjacent to an activating group) is 1. The van der Waals surface area contributed by atoms with Gasteiger partial charge in [0.15, 0.2) is 5.69 Å². The second-order valence-corrected chi connectivity index (χ2v) is 6.23. The maximum atomic E-state index is 12.2. The van der Waals surface area contributed by atoms with E-state index in [4.69, 9.17) is 0 Å². The molecule has 0 unspecified atom stereocenters. The molecule has 1 aliphatic carbocycles. The van der Waals surface area contributed by atoms with E-state index in [1.807, 2.05) is 0 Å². The zero-order valence-electron chi connectivity index (χ0n) is 14.0. The SMILES string of the molecule is CN(C)C(=O)Cn1cc(C(=O)NCc2ccc3c(c2)CCC3)nn1. The minimum absolute atomic E-state index is 0.0676. The highest BCUT2D eigenvalue weighted by atomic mass is 16.2. The van der Waals surface area contributed by atoms with Crippen LogP contribution in [0.1, 0.15) is 33.6 Å². The van der Waals surface area contributed by atoms with Crippen LogP contribution in [-0.4, -0.2) is 45.8 Å². The summed E-state index contributed by atoms with van der Waals surface area (Å²) in [6, 6.07) is 6.36. The second kappa shape index (κ2) is 6.82. The zero-order chi connectivity index (χ0) is 17.1. The topological polar surface area (TPSA) is 80.1 Å². The number of carbonyl (C=O) groups excluding carboxylic acids is 2. The molecule has 126 valence electrons. The first-order chi connectivity index (χ1) is 11.5. The number of benzene rings is 1. The Morgan fingerprint density at radius 3 is 2.83 bits per heavy atom. The van der Waals surface area contributed by atoms with E-state index in [9.17, 15) is 9.59 Å². The van der Waals surface area contributed by atoms with Gasteiger partial charge in [0, 0.05) is 20.6 Å². The molecule has 0 aliphatic heterocycles. The molecule has 0 spiro atoms. The highest BCUT2D eigenvalue weighted by molar-refractivity contribution is 5.91. The molecule has 2 amide bonds. The molecule has 3 rings (SSSR count). The van der Waals surface area contributed by atoms with Crippen LogP contribution in [0.25, 0.3) is 0 Å². The van der Waals surface area contributed by atoms with Crippen LogP contribution in [0.5, 0.6) is 0 Å². The lowest BCUT2D eigenvalue weighted by Gasteiger charge is -2.08. The number of aromatic nitrogens is 3. The van der Waals surface area contributed by atoms with Gasteiger partial charge in [-0.15, -0.1) is 5.10 Å². The maximum absolute atomic E-state index is 12.2. The van der Waals surface area contributed by atoms with Gasteiger partial charge in [-0.05, 0) is 36.0 Å². The third-order valence-corrected chi connectivity index (χ3v) is 4.18. The molecule has 7 nitrogen and oxygen atoms in total. The third kappa shape index (κ3) is 3.61. The molecule has 2 aromatic rings. The fraction of sp³-hybridized carbons (Fsp3) is 0.412. The monoisotopic (exact) mass is 327 g/mol. The van der Waals surface area contributed by atoms with Crippen LogP contribution in [0.2, 0.25) is 0 Å². The number of carbonyl (C=O) groups is 2. The Balaban J connectivity index is 1.57. The third-order valence-electron chi connectivity index (χ3n) is 4.18. The first-order valence-corrected chi connectivity index (χ1v) is 8.02. The number of hydrogen-bond donors (Lipinski definition) is 1. The normalized spacial score (nSPS) is 12.8. The molecule has 1 aromatic carbocycles. The number of fused-ring (bicyclic) bond motifs is 1. The summed E-state index contributed by atoms with van der Waals surface area (Å²) in [6.45, 7) is 0.522. The minimum Gasteiger partial charge on any atom is -0.347 e. The fourth-order valence-corrected chi connectivity index (χ4v) is 2.77. The number of nitrogens with zero attached hydrogens (tertiary/aromatic N) is 4. The van der Waals surface area contributed by atoms with Crippen molar-refractivity contribution in [1.82, 2.24) is 25.2 Å². The van der Waals surface area contributed by atoms with Gasteiger partial charge in [0.1, 0.15) is 6.54 Å². The van der Waals surface area contributed by atoms with E-state index in [0.29, 0.717) is 6.54 Å². The van der Waals surface area contributed by atoms with E-state index < -0.39 is 0 Å². The largest absolute Gasteiger partial charge is 0.347 e. The first-order valence-electron chi connectivity index (χ1n) is 8.02. The molecule has 0 fully saturated rings. The Labute approximate surface area is 140 Å². The number of aryl methyl sites for hydroxylation is 2. The van der Waals surface area contributed by atoms with Crippen LogP contribution in [0.15, 0.2) is 24.4 Å². The van der Waals surface area contributed by atoms with Crippen molar-refractivity contribution in [2.45, 2.75) is 32.4 Å². The van der Waals surface area contributed by atoms with Crippen molar-refractivity contribution in [3.8, 4) is 0 Å². The molecule has 0 saturated heterocycles. The molecule has 0 saturated carbocycles. The summed E-state index contributed by atoms with van der Waals surface area (Å²) < 4.78 is 1.37. The van der Waals surface area contributed by atoms with Crippen molar-refractivity contribution >= 4 is 11.8 Å². The van der Waals surface area contributed by atoms with Gasteiger partial charge in [0.2, 0.25) is 5.91 Å². The lowest BCUT2D eigenvalue weighted by Crippen LogP contribution is -2.26. The number of hydrogen-bond acceptors (Lipinski definition) is 4. The summed E-state index contributed by atoms with van der Waals surface area (Å²) in [6.07, 6.45) is 4.96. The van der Waals surface area contributed by atoms with Gasteiger partial charge in [-0.2, -0.15) is 0 Å². The van der Waals surface area contributed by atoms with Crippen molar-refractivity contribution in [3.05, 3.63) is 46.8 Å². The van der Waals surface area contributed by atoms with Gasteiger partial charge in [0.25, 0.3) is 5.91 Å². The maximum Gasteiger partial charge on any atom is 0.273 e. The summed E-state index contributed by atoms with van der Waals surface area (Å²) in [7, 11) is 3.34. The van der Waals surface area contributed by atoms with E-state index in [0.717, 1.165) is 18.4 Å². The van der Waals surface area contributed by atoms with Crippen molar-refractivity contribution in [2.24, 2.45) is 0 Å². The van der Waals surface area contributed by atoms with Crippen LogP contribution in [0, 0.1) is 0 Å². The van der Waals surface area contributed by atoms with Crippen LogP contribution >= 0.6 is 0 Å². The number of amides is 2. The van der Waals surface area contributed by atoms with E-state index in [1.54, 1.807) is 14.1 Å². The Morgan fingerprint density at radius 1 is 1.25 bits per heavy atom. The Hall–Kier alpha value is -2.70. The van der Waals surface area contributed by atoms with Gasteiger partial charge >= 0.3 is 0 Å². The van der Waals surface area contributed by atoms with Gasteiger partial charge in [-0.1, -0.05) is 23.4 Å². The molecule has 24 heavy (non-hydrogen) atoms. The number of rotatable bonds is 5. The summed E-state index contributed by atoms with van der Waals surface area (Å²) in [5, 5.41) is 10.5. The van der Waals surface area contributed by atoms with Gasteiger partial charge < -0.3 is 10.2 Å². The molecular formula is C17H21N5O2. The lowest BCUT2D eigenvalue weighted by atomic mass is 10.1. The van der Waals surface area contributed by atoms with Gasteiger partial charge in [0.05, 0.1) is 6.20 Å². The summed E-state index contributed by atoms with van der Waals surface area (Å²) in [5.41, 5.74) is 4.09. The van der Waals surface area contributed by atoms with E-state index in [-0.39, 0.29) is 24.1 Å². The predicted molar refractivity (Wildman–Crippen MR) is 88.4 cm³/mol. The van der Waals surface area contributed by atoms with Crippen LogP contribution in [-0.2, 0) is 30.7 Å². The van der Waals surface area contributed by atoms with E-state index >= 15 is 0 Å². The molecule has 7 heteroatoms. The average Bonchev–Trinajstić information content (AvgIpc) is 3.20. The van der Waals surface area contributed by atoms with Crippen LogP contribution in [0.3, 0.4) is 0 Å². The van der Waals surface area contributed by atoms with Crippen molar-refractivity contribution in [1.29, 1.82) is 0 Å². The Morgan fingerprint density at radius 2 is 2.04 bits per heavy atom. The molecule has 0 radical (unpaired) electrons. The Kier molecular flexibility index (Phi) is 4.59. The van der Waals surface area contributed by atoms with Crippen LogP contribution in [0.4, 0.5) is 0 Å². The average molecular weight is 327 g/mol. The molecule has 0 bridgehead atoms. The molecule has 1 aliphatic rings. The summed E-state index contributed by atoms with van der Waals surface area (Å²) >= 11 is 0. The van der Waals surface area contributed by atoms with Crippen LogP contribution < -0.4 is 5.32 Å². The quantitative estimate of drug-likeness (QED) is 0.880. The molecule has 1 aromatic heterocycles. The van der Waals surface area contributed by atoms with Crippen molar-refractivity contribution in [2.75, 3.05) is 14.1 Å². The number of nitrogens with one attached hydrogen (secondary N) is 1. The summed E-state index contributed by atoms with van der Waals surface area (Å²) in [5.74, 6) is -0.399. The molecular weight excluding hydrogens is 306 g/mol. The Bertz CT molecular complexity index is 766. The smallest absolute Gasteiger partial charge is 0.273 e. The standard InChI is InChI=1S/C17H21N5O2/c1-21(2)16(23)11-22-10-15(19-20-22)17(24)18-9-12-6-7-13-4-3-5-14(13)8-12/h6-8,10H,3-5,9,11H2,1-2H3,(H,18,24). The second-order valence-electron chi connectivity index (χ2n) is 6.23. The predicted octanol–water partition coefficient (Wildman–Crippen LogP) is 0.785. The summed E-state index contributed by atoms with van der Waals surface area (Å²) in [4.78, 5) is 25.3. The molecule has 1 heterocycles. The lowest BCUT2D eigenvalue weighted by molar-refractivity contribution is -0.129. The highest BCUT2D eigenvalue weighted by Crippen LogP contribution is 2.22. The van der Waals surface area contributed by atoms with E-state index in [1.165, 1.54) is 33.3 Å². The van der Waals surface area contributed by atoms with E-state index in [2.05, 4.69) is 33.8 Å². The minimum atomic E-state index is -0.293. The molecule has 1 N–H and O–H groups in total. The van der Waals surface area contributed by atoms with Crippen molar-refractivity contribution in [3.63, 3.8) is 0 Å². The fourth-order valence-electron chi connectivity index (χ4n) is 2.77. The van der Waals surface area contributed by atoms with Crippen molar-refractivity contribution < 1.29 is 9.59 Å².